The smallest absolute Gasteiger partial charge is 0.191 e. The average molecular weight is 490 g/mol. The van der Waals surface area contributed by atoms with Crippen LogP contribution in [0.25, 0.3) is 0 Å². The number of guanidine groups is 1. The third-order valence-electron chi connectivity index (χ3n) is 3.36. The number of aryl methyl sites for hydroxylation is 2. The lowest BCUT2D eigenvalue weighted by Gasteiger charge is -2.15. The molecule has 138 valence electrons. The van der Waals surface area contributed by atoms with Crippen molar-refractivity contribution >= 4 is 53.0 Å². The molecule has 0 aliphatic carbocycles. The van der Waals surface area contributed by atoms with Crippen LogP contribution >= 0.6 is 47.1 Å². The summed E-state index contributed by atoms with van der Waals surface area (Å²) in [6.07, 6.45) is 0. The van der Waals surface area contributed by atoms with E-state index < -0.39 is 0 Å². The molecule has 25 heavy (non-hydrogen) atoms. The molecule has 1 aromatic carbocycles. The summed E-state index contributed by atoms with van der Waals surface area (Å²) in [7, 11) is 0. The first kappa shape index (κ1) is 22.2. The van der Waals surface area contributed by atoms with Gasteiger partial charge in [-0.05, 0) is 32.9 Å². The molecule has 0 bridgehead atoms. The Kier molecular flexibility index (Phi) is 10.4. The van der Waals surface area contributed by atoms with Crippen LogP contribution in [0.15, 0.2) is 40.2 Å². The summed E-state index contributed by atoms with van der Waals surface area (Å²) in [6.45, 7) is 10.8. The number of aliphatic imine (C=N–C) groups is 1. The van der Waals surface area contributed by atoms with Crippen molar-refractivity contribution in [3.05, 3.63) is 45.9 Å². The predicted octanol–water partition coefficient (Wildman–Crippen LogP) is 4.61. The summed E-state index contributed by atoms with van der Waals surface area (Å²) < 4.78 is 0. The molecule has 0 amide bonds. The molecular weight excluding hydrogens is 463 g/mol. The lowest BCUT2D eigenvalue weighted by molar-refractivity contribution is 0.795. The quantitative estimate of drug-likeness (QED) is 0.258. The molecule has 7 heteroatoms. The van der Waals surface area contributed by atoms with Crippen LogP contribution in [0.5, 0.6) is 0 Å². The minimum absolute atomic E-state index is 0. The summed E-state index contributed by atoms with van der Waals surface area (Å²) in [6, 6.07) is 10.5. The highest BCUT2D eigenvalue weighted by molar-refractivity contribution is 14.0. The zero-order valence-electron chi connectivity index (χ0n) is 15.2. The molecule has 4 nitrogen and oxygen atoms in total. The van der Waals surface area contributed by atoms with Crippen LogP contribution in [0.3, 0.4) is 0 Å². The van der Waals surface area contributed by atoms with Crippen LogP contribution < -0.4 is 10.6 Å². The van der Waals surface area contributed by atoms with E-state index in [0.717, 1.165) is 29.8 Å². The molecule has 0 fully saturated rings. The zero-order chi connectivity index (χ0) is 17.4. The lowest BCUT2D eigenvalue weighted by atomic mass is 10.4. The molecule has 1 atom stereocenters. The van der Waals surface area contributed by atoms with E-state index in [4.69, 9.17) is 4.99 Å². The maximum Gasteiger partial charge on any atom is 0.191 e. The highest BCUT2D eigenvalue weighted by Gasteiger charge is 2.07. The van der Waals surface area contributed by atoms with Crippen LogP contribution in [0, 0.1) is 13.8 Å². The van der Waals surface area contributed by atoms with Gasteiger partial charge in [-0.25, -0.2) is 9.98 Å². The van der Waals surface area contributed by atoms with Crippen molar-refractivity contribution in [2.24, 2.45) is 4.99 Å². The monoisotopic (exact) mass is 490 g/mol. The number of nitrogens with one attached hydrogen (secondary N) is 2. The first-order valence-electron chi connectivity index (χ1n) is 8.25. The average Bonchev–Trinajstić information content (AvgIpc) is 2.88. The second-order valence-electron chi connectivity index (χ2n) is 5.56. The summed E-state index contributed by atoms with van der Waals surface area (Å²) >= 11 is 3.59. The van der Waals surface area contributed by atoms with E-state index in [-0.39, 0.29) is 24.0 Å². The van der Waals surface area contributed by atoms with Crippen molar-refractivity contribution < 1.29 is 0 Å². The molecule has 0 saturated heterocycles. The molecule has 2 aromatic rings. The van der Waals surface area contributed by atoms with E-state index in [1.165, 1.54) is 9.77 Å². The molecule has 0 saturated carbocycles. The van der Waals surface area contributed by atoms with Gasteiger partial charge in [-0.3, -0.25) is 0 Å². The van der Waals surface area contributed by atoms with Crippen LogP contribution in [-0.4, -0.2) is 29.3 Å². The van der Waals surface area contributed by atoms with E-state index in [1.807, 2.05) is 31.7 Å². The van der Waals surface area contributed by atoms with Crippen molar-refractivity contribution in [2.45, 2.75) is 44.4 Å². The molecule has 0 aliphatic heterocycles. The molecule has 2 rings (SSSR count). The lowest BCUT2D eigenvalue weighted by Crippen LogP contribution is -2.40. The van der Waals surface area contributed by atoms with E-state index in [9.17, 15) is 0 Å². The Bertz CT molecular complexity index is 658. The molecular formula is C18H27IN4S2. The van der Waals surface area contributed by atoms with Crippen LogP contribution in [0.1, 0.15) is 29.4 Å². The van der Waals surface area contributed by atoms with Gasteiger partial charge in [0.15, 0.2) is 5.96 Å². The Hall–Kier alpha value is -0.800. The maximum atomic E-state index is 4.69. The Labute approximate surface area is 176 Å². The number of thioether (sulfide) groups is 1. The van der Waals surface area contributed by atoms with Gasteiger partial charge in [0.1, 0.15) is 0 Å². The predicted molar refractivity (Wildman–Crippen MR) is 122 cm³/mol. The topological polar surface area (TPSA) is 49.3 Å². The number of thiazole rings is 1. The molecule has 1 heterocycles. The highest BCUT2D eigenvalue weighted by Crippen LogP contribution is 2.22. The van der Waals surface area contributed by atoms with Crippen molar-refractivity contribution in [1.29, 1.82) is 0 Å². The minimum atomic E-state index is 0. The highest BCUT2D eigenvalue weighted by atomic mass is 127. The van der Waals surface area contributed by atoms with Crippen LogP contribution in [0.4, 0.5) is 0 Å². The first-order chi connectivity index (χ1) is 11.6. The first-order valence-corrected chi connectivity index (χ1v) is 9.95. The second-order valence-corrected chi connectivity index (χ2v) is 8.36. The standard InChI is InChI=1S/C18H26N4S2.HI/c1-5-19-18(21-12-17-14(3)22-15(4)24-17)20-11-13(2)23-16-9-7-6-8-10-16;/h6-10,13H,5,11-12H2,1-4H3,(H2,19,20,21);1H. The van der Waals surface area contributed by atoms with Gasteiger partial charge in [0.05, 0.1) is 17.2 Å². The molecule has 1 unspecified atom stereocenters. The Balaban J connectivity index is 0.00000312. The fraction of sp³-hybridized carbons (Fsp3) is 0.444. The molecule has 2 N–H and O–H groups in total. The number of benzene rings is 1. The SMILES string of the molecule is CCNC(=NCc1sc(C)nc1C)NCC(C)Sc1ccccc1.I. The normalized spacial score (nSPS) is 12.4. The van der Waals surface area contributed by atoms with Crippen LogP contribution in [0.2, 0.25) is 0 Å². The van der Waals surface area contributed by atoms with Gasteiger partial charge in [0.2, 0.25) is 0 Å². The maximum absolute atomic E-state index is 4.69. The second kappa shape index (κ2) is 11.7. The molecule has 0 radical (unpaired) electrons. The molecule has 0 aliphatic rings. The fourth-order valence-electron chi connectivity index (χ4n) is 2.23. The van der Waals surface area contributed by atoms with E-state index in [0.29, 0.717) is 11.8 Å². The largest absolute Gasteiger partial charge is 0.357 e. The number of hydrogen-bond donors (Lipinski definition) is 2. The Morgan fingerprint density at radius 3 is 2.56 bits per heavy atom. The van der Waals surface area contributed by atoms with E-state index >= 15 is 0 Å². The third-order valence-corrected chi connectivity index (χ3v) is 5.53. The van der Waals surface area contributed by atoms with Gasteiger partial charge < -0.3 is 10.6 Å². The van der Waals surface area contributed by atoms with Crippen molar-refractivity contribution in [3.8, 4) is 0 Å². The Morgan fingerprint density at radius 1 is 1.24 bits per heavy atom. The van der Waals surface area contributed by atoms with Gasteiger partial charge in [-0.2, -0.15) is 0 Å². The van der Waals surface area contributed by atoms with Gasteiger partial charge in [0.25, 0.3) is 0 Å². The number of halogens is 1. The van der Waals surface area contributed by atoms with Gasteiger partial charge in [-0.15, -0.1) is 47.1 Å². The summed E-state index contributed by atoms with van der Waals surface area (Å²) in [4.78, 5) is 11.7. The van der Waals surface area contributed by atoms with Gasteiger partial charge in [0, 0.05) is 28.1 Å². The number of rotatable bonds is 7. The third kappa shape index (κ3) is 7.96. The van der Waals surface area contributed by atoms with E-state index in [1.54, 1.807) is 11.3 Å². The fourth-order valence-corrected chi connectivity index (χ4v) is 4.03. The van der Waals surface area contributed by atoms with Crippen molar-refractivity contribution in [1.82, 2.24) is 15.6 Å². The molecule has 0 spiro atoms. The zero-order valence-corrected chi connectivity index (χ0v) is 19.2. The number of aromatic nitrogens is 1. The van der Waals surface area contributed by atoms with Gasteiger partial charge in [-0.1, -0.05) is 25.1 Å². The van der Waals surface area contributed by atoms with Crippen LogP contribution in [-0.2, 0) is 6.54 Å². The summed E-state index contributed by atoms with van der Waals surface area (Å²) in [5, 5.41) is 8.31. The Morgan fingerprint density at radius 2 is 1.96 bits per heavy atom. The van der Waals surface area contributed by atoms with E-state index in [2.05, 4.69) is 53.7 Å². The number of hydrogen-bond acceptors (Lipinski definition) is 4. The molecule has 1 aromatic heterocycles. The summed E-state index contributed by atoms with van der Waals surface area (Å²) in [5.74, 6) is 0.864. The minimum Gasteiger partial charge on any atom is -0.357 e. The van der Waals surface area contributed by atoms with Crippen molar-refractivity contribution in [3.63, 3.8) is 0 Å². The van der Waals surface area contributed by atoms with Gasteiger partial charge >= 0.3 is 0 Å². The van der Waals surface area contributed by atoms with Crippen molar-refractivity contribution in [2.75, 3.05) is 13.1 Å². The number of nitrogens with zero attached hydrogens (tertiary/aromatic N) is 2. The summed E-state index contributed by atoms with van der Waals surface area (Å²) in [5.41, 5.74) is 1.09.